The maximum absolute atomic E-state index is 12.7. The first-order chi connectivity index (χ1) is 9.74. The Bertz CT molecular complexity index is 442. The van der Waals surface area contributed by atoms with E-state index >= 15 is 0 Å². The van der Waals surface area contributed by atoms with E-state index in [1.54, 1.807) is 6.92 Å². The standard InChI is InChI=1S/C14H20F3N3O/c1-13(9-18,10-4-5-10)19-12(21)8-20-6-2-3-11(7-20)14(15,16)17/h10-11H,2-8H2,1H3,(H,19,21)/t11-,13-/m1/s1. The largest absolute Gasteiger partial charge is 0.393 e. The summed E-state index contributed by atoms with van der Waals surface area (Å²) in [6, 6.07) is 2.11. The van der Waals surface area contributed by atoms with Gasteiger partial charge in [0.1, 0.15) is 5.54 Å². The average molecular weight is 303 g/mol. The molecule has 2 fully saturated rings. The molecule has 1 aliphatic carbocycles. The van der Waals surface area contributed by atoms with E-state index in [1.807, 2.05) is 0 Å². The lowest BCUT2D eigenvalue weighted by Gasteiger charge is -2.34. The first-order valence-corrected chi connectivity index (χ1v) is 7.26. The van der Waals surface area contributed by atoms with E-state index in [1.165, 1.54) is 4.90 Å². The first-order valence-electron chi connectivity index (χ1n) is 7.26. The molecule has 1 heterocycles. The second-order valence-corrected chi connectivity index (χ2v) is 6.25. The molecule has 1 amide bonds. The number of halogens is 3. The van der Waals surface area contributed by atoms with E-state index in [4.69, 9.17) is 0 Å². The molecule has 0 aromatic rings. The van der Waals surface area contributed by atoms with Gasteiger partial charge >= 0.3 is 6.18 Å². The van der Waals surface area contributed by atoms with E-state index in [9.17, 15) is 23.2 Å². The fraction of sp³-hybridized carbons (Fsp3) is 0.857. The Hall–Kier alpha value is -1.29. The molecule has 21 heavy (non-hydrogen) atoms. The molecular weight excluding hydrogens is 283 g/mol. The lowest BCUT2D eigenvalue weighted by atomic mass is 9.96. The van der Waals surface area contributed by atoms with Crippen LogP contribution in [0.15, 0.2) is 0 Å². The van der Waals surface area contributed by atoms with Crippen LogP contribution in [0, 0.1) is 23.2 Å². The molecule has 7 heteroatoms. The summed E-state index contributed by atoms with van der Waals surface area (Å²) < 4.78 is 38.2. The van der Waals surface area contributed by atoms with Gasteiger partial charge < -0.3 is 5.32 Å². The van der Waals surface area contributed by atoms with Crippen molar-refractivity contribution in [1.82, 2.24) is 10.2 Å². The number of carbonyl (C=O) groups excluding carboxylic acids is 1. The van der Waals surface area contributed by atoms with E-state index in [0.29, 0.717) is 13.0 Å². The van der Waals surface area contributed by atoms with Crippen molar-refractivity contribution in [3.05, 3.63) is 0 Å². The molecular formula is C14H20F3N3O. The minimum atomic E-state index is -4.20. The highest BCUT2D eigenvalue weighted by atomic mass is 19.4. The van der Waals surface area contributed by atoms with Crippen molar-refractivity contribution in [2.24, 2.45) is 11.8 Å². The van der Waals surface area contributed by atoms with Crippen molar-refractivity contribution in [2.75, 3.05) is 19.6 Å². The van der Waals surface area contributed by atoms with Crippen molar-refractivity contribution in [3.8, 4) is 6.07 Å². The average Bonchev–Trinajstić information content (AvgIpc) is 3.22. The van der Waals surface area contributed by atoms with E-state index in [-0.39, 0.29) is 31.3 Å². The van der Waals surface area contributed by atoms with Gasteiger partial charge in [-0.25, -0.2) is 0 Å². The normalized spacial score (nSPS) is 26.7. The predicted octanol–water partition coefficient (Wildman–Crippen LogP) is 2.07. The molecule has 2 atom stereocenters. The van der Waals surface area contributed by atoms with Crippen LogP contribution >= 0.6 is 0 Å². The highest BCUT2D eigenvalue weighted by molar-refractivity contribution is 5.79. The summed E-state index contributed by atoms with van der Waals surface area (Å²) in [6.45, 7) is 1.96. The zero-order chi connectivity index (χ0) is 15.7. The van der Waals surface area contributed by atoms with Crippen LogP contribution in [0.1, 0.15) is 32.6 Å². The Labute approximate surface area is 122 Å². The SMILES string of the molecule is C[C@](C#N)(NC(=O)CN1CCC[C@@H](C(F)(F)F)C1)C1CC1. The van der Waals surface area contributed by atoms with Gasteiger partial charge in [-0.1, -0.05) is 0 Å². The Kier molecular flexibility index (Phi) is 4.47. The van der Waals surface area contributed by atoms with Crippen LogP contribution in [0.5, 0.6) is 0 Å². The Morgan fingerprint density at radius 3 is 2.52 bits per heavy atom. The summed E-state index contributed by atoms with van der Waals surface area (Å²) in [5.74, 6) is -1.56. The Balaban J connectivity index is 1.86. The van der Waals surface area contributed by atoms with Gasteiger partial charge in [0.15, 0.2) is 0 Å². The molecule has 118 valence electrons. The van der Waals surface area contributed by atoms with Crippen molar-refractivity contribution in [1.29, 1.82) is 5.26 Å². The van der Waals surface area contributed by atoms with Gasteiger partial charge in [0.25, 0.3) is 0 Å². The smallest absolute Gasteiger partial charge is 0.337 e. The Morgan fingerprint density at radius 1 is 1.33 bits per heavy atom. The van der Waals surface area contributed by atoms with Crippen LogP contribution in [0.3, 0.4) is 0 Å². The number of nitrogens with one attached hydrogen (secondary N) is 1. The number of rotatable bonds is 4. The van der Waals surface area contributed by atoms with Crippen LogP contribution in [0.25, 0.3) is 0 Å². The zero-order valence-electron chi connectivity index (χ0n) is 12.0. The highest BCUT2D eigenvalue weighted by Crippen LogP contribution is 2.39. The molecule has 4 nitrogen and oxygen atoms in total. The molecule has 0 unspecified atom stereocenters. The third-order valence-corrected chi connectivity index (χ3v) is 4.36. The van der Waals surface area contributed by atoms with Gasteiger partial charge in [0.2, 0.25) is 5.91 Å². The number of alkyl halides is 3. The molecule has 0 bridgehead atoms. The maximum Gasteiger partial charge on any atom is 0.393 e. The fourth-order valence-corrected chi connectivity index (χ4v) is 2.88. The van der Waals surface area contributed by atoms with Gasteiger partial charge in [-0.3, -0.25) is 9.69 Å². The molecule has 0 aromatic heterocycles. The maximum atomic E-state index is 12.7. The number of hydrogen-bond acceptors (Lipinski definition) is 3. The monoisotopic (exact) mass is 303 g/mol. The van der Waals surface area contributed by atoms with E-state index in [2.05, 4.69) is 11.4 Å². The molecule has 0 radical (unpaired) electrons. The van der Waals surface area contributed by atoms with Crippen LogP contribution in [0.4, 0.5) is 13.2 Å². The molecule has 0 spiro atoms. The van der Waals surface area contributed by atoms with Crippen molar-refractivity contribution < 1.29 is 18.0 Å². The van der Waals surface area contributed by atoms with Gasteiger partial charge in [-0.15, -0.1) is 0 Å². The lowest BCUT2D eigenvalue weighted by molar-refractivity contribution is -0.187. The molecule has 1 aliphatic heterocycles. The zero-order valence-corrected chi connectivity index (χ0v) is 12.0. The Morgan fingerprint density at radius 2 is 2.00 bits per heavy atom. The van der Waals surface area contributed by atoms with E-state index in [0.717, 1.165) is 12.8 Å². The number of hydrogen-bond donors (Lipinski definition) is 1. The fourth-order valence-electron chi connectivity index (χ4n) is 2.88. The number of nitrogens with zero attached hydrogens (tertiary/aromatic N) is 2. The quantitative estimate of drug-likeness (QED) is 0.865. The van der Waals surface area contributed by atoms with Crippen molar-refractivity contribution in [2.45, 2.75) is 44.3 Å². The number of likely N-dealkylation sites (tertiary alicyclic amines) is 1. The molecule has 1 saturated carbocycles. The minimum absolute atomic E-state index is 0.0728. The number of nitriles is 1. The summed E-state index contributed by atoms with van der Waals surface area (Å²) in [5, 5.41) is 11.9. The summed E-state index contributed by atoms with van der Waals surface area (Å²) in [6.07, 6.45) is -1.83. The molecule has 2 rings (SSSR count). The van der Waals surface area contributed by atoms with Gasteiger partial charge in [-0.05, 0) is 45.1 Å². The van der Waals surface area contributed by atoms with Crippen LogP contribution in [-0.2, 0) is 4.79 Å². The van der Waals surface area contributed by atoms with Crippen LogP contribution in [0.2, 0.25) is 0 Å². The number of carbonyl (C=O) groups is 1. The molecule has 1 N–H and O–H groups in total. The second kappa shape index (κ2) is 5.84. The number of piperidine rings is 1. The molecule has 2 aliphatic rings. The molecule has 0 aromatic carbocycles. The topological polar surface area (TPSA) is 56.1 Å². The third-order valence-electron chi connectivity index (χ3n) is 4.36. The first kappa shape index (κ1) is 16.1. The summed E-state index contributed by atoms with van der Waals surface area (Å²) >= 11 is 0. The van der Waals surface area contributed by atoms with Crippen molar-refractivity contribution in [3.63, 3.8) is 0 Å². The molecule has 1 saturated heterocycles. The third kappa shape index (κ3) is 4.10. The van der Waals surface area contributed by atoms with Crippen molar-refractivity contribution >= 4 is 5.91 Å². The lowest BCUT2D eigenvalue weighted by Crippen LogP contribution is -2.52. The summed E-state index contributed by atoms with van der Waals surface area (Å²) in [5.41, 5.74) is -0.893. The van der Waals surface area contributed by atoms with Gasteiger partial charge in [0, 0.05) is 6.54 Å². The summed E-state index contributed by atoms with van der Waals surface area (Å²) in [4.78, 5) is 13.5. The van der Waals surface area contributed by atoms with Crippen LogP contribution in [-0.4, -0.2) is 42.2 Å². The van der Waals surface area contributed by atoms with Crippen LogP contribution < -0.4 is 5.32 Å². The minimum Gasteiger partial charge on any atom is -0.337 e. The summed E-state index contributed by atoms with van der Waals surface area (Å²) in [7, 11) is 0. The van der Waals surface area contributed by atoms with E-state index < -0.39 is 17.6 Å². The van der Waals surface area contributed by atoms with Gasteiger partial charge in [-0.2, -0.15) is 18.4 Å². The second-order valence-electron chi connectivity index (χ2n) is 6.25. The number of amides is 1. The highest BCUT2D eigenvalue weighted by Gasteiger charge is 2.44. The van der Waals surface area contributed by atoms with Gasteiger partial charge in [0.05, 0.1) is 18.5 Å². The predicted molar refractivity (Wildman–Crippen MR) is 70.1 cm³/mol.